The molecule has 3 aromatic rings. The molecule has 2 aromatic heterocycles. The van der Waals surface area contributed by atoms with Crippen LogP contribution in [0, 0.1) is 0 Å². The SMILES string of the molecule is O=C(c1ccsc1)c1c[nH]c2cccc(Br)c12. The van der Waals surface area contributed by atoms with Crippen molar-refractivity contribution in [3.63, 3.8) is 0 Å². The highest BCUT2D eigenvalue weighted by atomic mass is 79.9. The van der Waals surface area contributed by atoms with Crippen LogP contribution in [0.4, 0.5) is 0 Å². The van der Waals surface area contributed by atoms with Gasteiger partial charge in [-0.2, -0.15) is 11.3 Å². The molecule has 2 nitrogen and oxygen atoms in total. The van der Waals surface area contributed by atoms with Crippen molar-refractivity contribution < 1.29 is 4.79 Å². The molecule has 0 unspecified atom stereocenters. The molecule has 0 radical (unpaired) electrons. The van der Waals surface area contributed by atoms with E-state index in [2.05, 4.69) is 20.9 Å². The van der Waals surface area contributed by atoms with Gasteiger partial charge in [-0.05, 0) is 23.6 Å². The van der Waals surface area contributed by atoms with Crippen LogP contribution in [0.1, 0.15) is 15.9 Å². The molecule has 84 valence electrons. The van der Waals surface area contributed by atoms with Gasteiger partial charge in [-0.25, -0.2) is 0 Å². The van der Waals surface area contributed by atoms with Gasteiger partial charge in [0.25, 0.3) is 0 Å². The molecule has 0 saturated heterocycles. The summed E-state index contributed by atoms with van der Waals surface area (Å²) in [6.07, 6.45) is 1.77. The number of rotatable bonds is 2. The lowest BCUT2D eigenvalue weighted by Crippen LogP contribution is -1.98. The number of hydrogen-bond acceptors (Lipinski definition) is 2. The first kappa shape index (κ1) is 10.7. The Hall–Kier alpha value is -1.39. The summed E-state index contributed by atoms with van der Waals surface area (Å²) in [7, 11) is 0. The summed E-state index contributed by atoms with van der Waals surface area (Å²) in [6, 6.07) is 7.70. The first-order valence-electron chi connectivity index (χ1n) is 5.10. The number of fused-ring (bicyclic) bond motifs is 1. The van der Waals surface area contributed by atoms with Crippen molar-refractivity contribution in [3.05, 3.63) is 56.8 Å². The lowest BCUT2D eigenvalue weighted by molar-refractivity contribution is 0.104. The average molecular weight is 306 g/mol. The molecular weight excluding hydrogens is 298 g/mol. The molecule has 0 aliphatic heterocycles. The van der Waals surface area contributed by atoms with Crippen molar-refractivity contribution in [1.82, 2.24) is 4.98 Å². The van der Waals surface area contributed by atoms with E-state index < -0.39 is 0 Å². The number of hydrogen-bond donors (Lipinski definition) is 1. The number of halogens is 1. The van der Waals surface area contributed by atoms with Crippen LogP contribution in [0.15, 0.2) is 45.7 Å². The topological polar surface area (TPSA) is 32.9 Å². The van der Waals surface area contributed by atoms with Gasteiger partial charge < -0.3 is 4.98 Å². The van der Waals surface area contributed by atoms with Crippen LogP contribution >= 0.6 is 27.3 Å². The molecule has 0 spiro atoms. The van der Waals surface area contributed by atoms with Crippen LogP contribution in [0.2, 0.25) is 0 Å². The monoisotopic (exact) mass is 305 g/mol. The highest BCUT2D eigenvalue weighted by Gasteiger charge is 2.15. The molecule has 1 aromatic carbocycles. The van der Waals surface area contributed by atoms with Crippen molar-refractivity contribution in [1.29, 1.82) is 0 Å². The molecule has 0 saturated carbocycles. The van der Waals surface area contributed by atoms with E-state index in [4.69, 9.17) is 0 Å². The smallest absolute Gasteiger partial charge is 0.196 e. The number of nitrogens with one attached hydrogen (secondary N) is 1. The summed E-state index contributed by atoms with van der Waals surface area (Å²) in [6.45, 7) is 0. The second-order valence-electron chi connectivity index (χ2n) is 3.71. The number of aromatic amines is 1. The number of carbonyl (C=O) groups excluding carboxylic acids is 1. The van der Waals surface area contributed by atoms with Gasteiger partial charge in [0.05, 0.1) is 0 Å². The Bertz CT molecular complexity index is 685. The minimum atomic E-state index is 0.0596. The largest absolute Gasteiger partial charge is 0.360 e. The molecule has 4 heteroatoms. The lowest BCUT2D eigenvalue weighted by Gasteiger charge is -1.98. The normalized spacial score (nSPS) is 10.9. The Labute approximate surface area is 110 Å². The van der Waals surface area contributed by atoms with Crippen LogP contribution in [-0.2, 0) is 0 Å². The van der Waals surface area contributed by atoms with E-state index in [0.717, 1.165) is 20.9 Å². The molecular formula is C13H8BrNOS. The third kappa shape index (κ3) is 1.73. The Morgan fingerprint density at radius 2 is 2.18 bits per heavy atom. The lowest BCUT2D eigenvalue weighted by atomic mass is 10.1. The van der Waals surface area contributed by atoms with Crippen LogP contribution in [0.25, 0.3) is 10.9 Å². The van der Waals surface area contributed by atoms with Crippen molar-refractivity contribution in [2.24, 2.45) is 0 Å². The standard InChI is InChI=1S/C13H8BrNOS/c14-10-2-1-3-11-12(10)9(6-15-11)13(16)8-4-5-17-7-8/h1-7,15H. The number of aromatic nitrogens is 1. The molecule has 0 amide bonds. The van der Waals surface area contributed by atoms with E-state index in [0.29, 0.717) is 5.56 Å². The Morgan fingerprint density at radius 1 is 1.29 bits per heavy atom. The van der Waals surface area contributed by atoms with Gasteiger partial charge in [-0.15, -0.1) is 0 Å². The van der Waals surface area contributed by atoms with Crippen LogP contribution < -0.4 is 0 Å². The van der Waals surface area contributed by atoms with Crippen molar-refractivity contribution in [3.8, 4) is 0 Å². The van der Waals surface area contributed by atoms with Gasteiger partial charge in [0, 0.05) is 38.1 Å². The molecule has 0 aliphatic carbocycles. The molecule has 0 bridgehead atoms. The maximum absolute atomic E-state index is 12.3. The number of H-pyrrole nitrogens is 1. The molecule has 0 aliphatic rings. The maximum atomic E-state index is 12.3. The van der Waals surface area contributed by atoms with E-state index in [1.165, 1.54) is 11.3 Å². The predicted molar refractivity (Wildman–Crippen MR) is 73.8 cm³/mol. The van der Waals surface area contributed by atoms with Gasteiger partial charge in [0.2, 0.25) is 0 Å². The summed E-state index contributed by atoms with van der Waals surface area (Å²) in [5, 5.41) is 4.73. The second-order valence-corrected chi connectivity index (χ2v) is 5.34. The Kier molecular flexibility index (Phi) is 2.61. The van der Waals surface area contributed by atoms with Crippen molar-refractivity contribution in [2.45, 2.75) is 0 Å². The van der Waals surface area contributed by atoms with Crippen LogP contribution in [0.3, 0.4) is 0 Å². The fraction of sp³-hybridized carbons (Fsp3) is 0. The summed E-state index contributed by atoms with van der Waals surface area (Å²) in [5.41, 5.74) is 2.43. The second kappa shape index (κ2) is 4.13. The Balaban J connectivity index is 2.22. The third-order valence-electron chi connectivity index (χ3n) is 2.68. The van der Waals surface area contributed by atoms with Gasteiger partial charge in [-0.1, -0.05) is 22.0 Å². The zero-order chi connectivity index (χ0) is 11.8. The summed E-state index contributed by atoms with van der Waals surface area (Å²) >= 11 is 5.02. The predicted octanol–water partition coefficient (Wildman–Crippen LogP) is 4.22. The van der Waals surface area contributed by atoms with Crippen molar-refractivity contribution >= 4 is 44.0 Å². The van der Waals surface area contributed by atoms with E-state index in [1.54, 1.807) is 6.20 Å². The summed E-state index contributed by atoms with van der Waals surface area (Å²) in [4.78, 5) is 15.4. The minimum Gasteiger partial charge on any atom is -0.360 e. The average Bonchev–Trinajstić information content (AvgIpc) is 2.98. The van der Waals surface area contributed by atoms with Crippen molar-refractivity contribution in [2.75, 3.05) is 0 Å². The van der Waals surface area contributed by atoms with Crippen LogP contribution in [0.5, 0.6) is 0 Å². The molecule has 0 fully saturated rings. The molecule has 3 rings (SSSR count). The van der Waals surface area contributed by atoms with Gasteiger partial charge in [0.1, 0.15) is 0 Å². The number of thiophene rings is 1. The number of carbonyl (C=O) groups is 1. The highest BCUT2D eigenvalue weighted by Crippen LogP contribution is 2.28. The van der Waals surface area contributed by atoms with E-state index in [-0.39, 0.29) is 5.78 Å². The van der Waals surface area contributed by atoms with Gasteiger partial charge in [-0.3, -0.25) is 4.79 Å². The number of ketones is 1. The summed E-state index contributed by atoms with van der Waals surface area (Å²) < 4.78 is 0.940. The van der Waals surface area contributed by atoms with Gasteiger partial charge in [0.15, 0.2) is 5.78 Å². The molecule has 17 heavy (non-hydrogen) atoms. The van der Waals surface area contributed by atoms with E-state index in [1.807, 2.05) is 35.0 Å². The van der Waals surface area contributed by atoms with E-state index in [9.17, 15) is 4.79 Å². The maximum Gasteiger partial charge on any atom is 0.196 e. The zero-order valence-electron chi connectivity index (χ0n) is 8.74. The first-order chi connectivity index (χ1) is 8.27. The van der Waals surface area contributed by atoms with E-state index >= 15 is 0 Å². The highest BCUT2D eigenvalue weighted by molar-refractivity contribution is 9.10. The first-order valence-corrected chi connectivity index (χ1v) is 6.83. The fourth-order valence-corrected chi connectivity index (χ4v) is 3.08. The van der Waals surface area contributed by atoms with Gasteiger partial charge >= 0.3 is 0 Å². The third-order valence-corrected chi connectivity index (χ3v) is 4.03. The minimum absolute atomic E-state index is 0.0596. The number of benzene rings is 1. The fourth-order valence-electron chi connectivity index (χ4n) is 1.87. The molecule has 0 atom stereocenters. The Morgan fingerprint density at radius 3 is 2.94 bits per heavy atom. The summed E-state index contributed by atoms with van der Waals surface area (Å²) in [5.74, 6) is 0.0596. The molecule has 1 N–H and O–H groups in total. The molecule has 2 heterocycles. The quantitative estimate of drug-likeness (QED) is 0.706. The van der Waals surface area contributed by atoms with Crippen LogP contribution in [-0.4, -0.2) is 10.8 Å². The zero-order valence-corrected chi connectivity index (χ0v) is 11.1.